The van der Waals surface area contributed by atoms with Gasteiger partial charge in [0.2, 0.25) is 0 Å². The van der Waals surface area contributed by atoms with Gasteiger partial charge in [-0.2, -0.15) is 5.10 Å². The summed E-state index contributed by atoms with van der Waals surface area (Å²) in [6, 6.07) is 5.03. The second-order valence-electron chi connectivity index (χ2n) is 3.40. The zero-order chi connectivity index (χ0) is 13.1. The van der Waals surface area contributed by atoms with E-state index in [0.29, 0.717) is 22.2 Å². The summed E-state index contributed by atoms with van der Waals surface area (Å²) < 4.78 is 5.79. The molecule has 0 bridgehead atoms. The van der Waals surface area contributed by atoms with E-state index in [0.717, 1.165) is 3.57 Å². The highest BCUT2D eigenvalue weighted by molar-refractivity contribution is 14.1. The third-order valence-electron chi connectivity index (χ3n) is 2.23. The van der Waals surface area contributed by atoms with Crippen LogP contribution in [-0.4, -0.2) is 23.2 Å². The molecule has 0 saturated heterocycles. The highest BCUT2D eigenvalue weighted by Gasteiger charge is 2.12. The highest BCUT2D eigenvalue weighted by Crippen LogP contribution is 2.27. The van der Waals surface area contributed by atoms with Crippen molar-refractivity contribution in [1.29, 1.82) is 0 Å². The number of aromatic amines is 1. The summed E-state index contributed by atoms with van der Waals surface area (Å²) in [6.07, 6.45) is 1.58. The van der Waals surface area contributed by atoms with Gasteiger partial charge in [-0.1, -0.05) is 11.6 Å². The molecule has 94 valence electrons. The van der Waals surface area contributed by atoms with E-state index in [9.17, 15) is 4.79 Å². The Morgan fingerprint density at radius 3 is 2.89 bits per heavy atom. The first kappa shape index (κ1) is 13.2. The molecule has 1 heterocycles. The molecule has 1 amide bonds. The molecule has 0 atom stereocenters. The molecule has 1 aromatic heterocycles. The summed E-state index contributed by atoms with van der Waals surface area (Å²) in [5.41, 5.74) is 1.01. The van der Waals surface area contributed by atoms with Crippen LogP contribution in [-0.2, 0) is 0 Å². The third kappa shape index (κ3) is 2.75. The van der Waals surface area contributed by atoms with Crippen molar-refractivity contribution in [2.75, 3.05) is 12.4 Å². The monoisotopic (exact) mass is 377 g/mol. The molecule has 2 rings (SSSR count). The number of hydrogen-bond donors (Lipinski definition) is 2. The molecule has 7 heteroatoms. The van der Waals surface area contributed by atoms with E-state index in [2.05, 4.69) is 15.5 Å². The number of carbonyl (C=O) groups excluding carboxylic acids is 1. The van der Waals surface area contributed by atoms with Gasteiger partial charge in [0.15, 0.2) is 0 Å². The second-order valence-corrected chi connectivity index (χ2v) is 4.97. The fourth-order valence-corrected chi connectivity index (χ4v) is 2.13. The molecule has 0 aliphatic carbocycles. The van der Waals surface area contributed by atoms with Gasteiger partial charge in [-0.25, -0.2) is 0 Å². The zero-order valence-electron chi connectivity index (χ0n) is 9.33. The van der Waals surface area contributed by atoms with Crippen molar-refractivity contribution in [1.82, 2.24) is 10.2 Å². The summed E-state index contributed by atoms with van der Waals surface area (Å²) in [4.78, 5) is 11.9. The summed E-state index contributed by atoms with van der Waals surface area (Å²) in [5, 5.41) is 9.59. The number of anilines is 1. The van der Waals surface area contributed by atoms with Gasteiger partial charge in [0.1, 0.15) is 11.4 Å². The fourth-order valence-electron chi connectivity index (χ4n) is 1.37. The van der Waals surface area contributed by atoms with Gasteiger partial charge < -0.3 is 10.1 Å². The van der Waals surface area contributed by atoms with Gasteiger partial charge in [0.25, 0.3) is 5.91 Å². The van der Waals surface area contributed by atoms with Crippen LogP contribution < -0.4 is 10.1 Å². The Hall–Kier alpha value is -1.28. The average Bonchev–Trinajstić information content (AvgIpc) is 2.76. The molecular formula is C11H9ClIN3O2. The number of carbonyl (C=O) groups is 1. The first-order valence-electron chi connectivity index (χ1n) is 4.95. The van der Waals surface area contributed by atoms with E-state index in [1.54, 1.807) is 24.4 Å². The number of nitrogens with one attached hydrogen (secondary N) is 2. The summed E-state index contributed by atoms with van der Waals surface area (Å²) >= 11 is 8.00. The standard InChI is InChI=1S/C11H9ClIN3O2/c1-18-9-3-2-6(4-7(9)12)15-11(17)10-8(13)5-14-16-10/h2-5H,1H3,(H,14,16)(H,15,17). The number of aromatic nitrogens is 2. The van der Waals surface area contributed by atoms with Crippen LogP contribution in [0, 0.1) is 3.57 Å². The lowest BCUT2D eigenvalue weighted by Crippen LogP contribution is -2.13. The van der Waals surface area contributed by atoms with Crippen LogP contribution in [0.5, 0.6) is 5.75 Å². The van der Waals surface area contributed by atoms with E-state index >= 15 is 0 Å². The van der Waals surface area contributed by atoms with Gasteiger partial charge >= 0.3 is 0 Å². The minimum absolute atomic E-state index is 0.266. The van der Waals surface area contributed by atoms with Crippen LogP contribution in [0.3, 0.4) is 0 Å². The number of methoxy groups -OCH3 is 1. The number of nitrogens with zero attached hydrogens (tertiary/aromatic N) is 1. The van der Waals surface area contributed by atoms with Crippen molar-refractivity contribution >= 4 is 45.8 Å². The SMILES string of the molecule is COc1ccc(NC(=O)c2[nH]ncc2I)cc1Cl. The molecule has 1 aromatic carbocycles. The van der Waals surface area contributed by atoms with Crippen LogP contribution in [0.15, 0.2) is 24.4 Å². The topological polar surface area (TPSA) is 67.0 Å². The normalized spacial score (nSPS) is 10.2. The number of ether oxygens (including phenoxy) is 1. The van der Waals surface area contributed by atoms with Crippen LogP contribution in [0.2, 0.25) is 5.02 Å². The fraction of sp³-hybridized carbons (Fsp3) is 0.0909. The zero-order valence-corrected chi connectivity index (χ0v) is 12.2. The predicted molar refractivity (Wildman–Crippen MR) is 77.3 cm³/mol. The predicted octanol–water partition coefficient (Wildman–Crippen LogP) is 2.93. The van der Waals surface area contributed by atoms with E-state index in [-0.39, 0.29) is 5.91 Å². The Bertz CT molecular complexity index is 585. The number of benzene rings is 1. The largest absolute Gasteiger partial charge is 0.495 e. The van der Waals surface area contributed by atoms with Gasteiger partial charge in [0.05, 0.1) is 21.9 Å². The number of rotatable bonds is 3. The Morgan fingerprint density at radius 2 is 2.33 bits per heavy atom. The highest BCUT2D eigenvalue weighted by atomic mass is 127. The molecule has 0 aliphatic rings. The molecule has 0 fully saturated rings. The lowest BCUT2D eigenvalue weighted by molar-refractivity contribution is 0.102. The minimum atomic E-state index is -0.266. The number of H-pyrrole nitrogens is 1. The van der Waals surface area contributed by atoms with Crippen LogP contribution in [0.1, 0.15) is 10.5 Å². The smallest absolute Gasteiger partial charge is 0.274 e. The van der Waals surface area contributed by atoms with Crippen LogP contribution >= 0.6 is 34.2 Å². The average molecular weight is 378 g/mol. The van der Waals surface area contributed by atoms with Crippen LogP contribution in [0.4, 0.5) is 5.69 Å². The Morgan fingerprint density at radius 1 is 1.56 bits per heavy atom. The molecule has 18 heavy (non-hydrogen) atoms. The van der Waals surface area contributed by atoms with Crippen molar-refractivity contribution in [3.05, 3.63) is 38.7 Å². The van der Waals surface area contributed by atoms with Gasteiger partial charge in [0, 0.05) is 5.69 Å². The molecule has 0 unspecified atom stereocenters. The lowest BCUT2D eigenvalue weighted by atomic mass is 10.3. The molecule has 0 radical (unpaired) electrons. The lowest BCUT2D eigenvalue weighted by Gasteiger charge is -2.07. The van der Waals surface area contributed by atoms with Gasteiger partial charge in [-0.15, -0.1) is 0 Å². The maximum atomic E-state index is 11.9. The van der Waals surface area contributed by atoms with E-state index in [4.69, 9.17) is 16.3 Å². The molecule has 2 N–H and O–H groups in total. The van der Waals surface area contributed by atoms with Crippen molar-refractivity contribution in [3.63, 3.8) is 0 Å². The number of halogens is 2. The Balaban J connectivity index is 2.17. The van der Waals surface area contributed by atoms with Crippen molar-refractivity contribution in [2.24, 2.45) is 0 Å². The first-order valence-corrected chi connectivity index (χ1v) is 6.41. The quantitative estimate of drug-likeness (QED) is 0.808. The maximum absolute atomic E-state index is 11.9. The van der Waals surface area contributed by atoms with Crippen molar-refractivity contribution in [3.8, 4) is 5.75 Å². The van der Waals surface area contributed by atoms with Crippen LogP contribution in [0.25, 0.3) is 0 Å². The molecule has 0 aliphatic heterocycles. The summed E-state index contributed by atoms with van der Waals surface area (Å²) in [6.45, 7) is 0. The minimum Gasteiger partial charge on any atom is -0.495 e. The molecule has 5 nitrogen and oxygen atoms in total. The van der Waals surface area contributed by atoms with E-state index < -0.39 is 0 Å². The summed E-state index contributed by atoms with van der Waals surface area (Å²) in [7, 11) is 1.53. The molecule has 0 saturated carbocycles. The second kappa shape index (κ2) is 5.57. The van der Waals surface area contributed by atoms with Crippen molar-refractivity contribution in [2.45, 2.75) is 0 Å². The maximum Gasteiger partial charge on any atom is 0.274 e. The van der Waals surface area contributed by atoms with E-state index in [1.807, 2.05) is 22.6 Å². The van der Waals surface area contributed by atoms with Crippen molar-refractivity contribution < 1.29 is 9.53 Å². The molecule has 0 spiro atoms. The Labute approximate surface area is 122 Å². The third-order valence-corrected chi connectivity index (χ3v) is 3.34. The number of amides is 1. The molecular weight excluding hydrogens is 368 g/mol. The summed E-state index contributed by atoms with van der Waals surface area (Å²) in [5.74, 6) is 0.295. The van der Waals surface area contributed by atoms with E-state index in [1.165, 1.54) is 7.11 Å². The van der Waals surface area contributed by atoms with Gasteiger partial charge in [-0.05, 0) is 40.8 Å². The molecule has 2 aromatic rings. The van der Waals surface area contributed by atoms with Gasteiger partial charge in [-0.3, -0.25) is 9.89 Å². The number of hydrogen-bond acceptors (Lipinski definition) is 3. The first-order chi connectivity index (χ1) is 8.61. The Kier molecular flexibility index (Phi) is 4.07.